The number of aliphatic imine (C=N–C) groups is 1. The molecule has 0 bridgehead atoms. The molecule has 1 aliphatic carbocycles. The highest BCUT2D eigenvalue weighted by Crippen LogP contribution is 2.46. The summed E-state index contributed by atoms with van der Waals surface area (Å²) in [4.78, 5) is 41.1. The number of benzene rings is 1. The number of aliphatic carboxylic acids is 1. The van der Waals surface area contributed by atoms with Crippen LogP contribution in [0.25, 0.3) is 0 Å². The lowest BCUT2D eigenvalue weighted by Crippen LogP contribution is -2.37. The summed E-state index contributed by atoms with van der Waals surface area (Å²) < 4.78 is 10.7. The summed E-state index contributed by atoms with van der Waals surface area (Å²) in [5.74, 6) is -2.62. The Labute approximate surface area is 163 Å². The quantitative estimate of drug-likeness (QED) is 0.756. The lowest BCUT2D eigenvalue weighted by atomic mass is 9.71. The molecular weight excluding hydrogens is 362 g/mol. The first-order valence-corrected chi connectivity index (χ1v) is 9.35. The van der Waals surface area contributed by atoms with Crippen LogP contribution < -0.4 is 4.74 Å². The fourth-order valence-electron chi connectivity index (χ4n) is 3.89. The average Bonchev–Trinajstić information content (AvgIpc) is 2.66. The molecule has 7 heteroatoms. The Balaban J connectivity index is 2.14. The number of carboxylic acids is 1. The van der Waals surface area contributed by atoms with Gasteiger partial charge in [0.1, 0.15) is 11.7 Å². The first-order valence-electron chi connectivity index (χ1n) is 9.35. The second kappa shape index (κ2) is 8.37. The smallest absolute Gasteiger partial charge is 0.341 e. The number of allylic oxidation sites excluding steroid dienone is 2. The standard InChI is InChI=1S/C21H23NO6/c1-3-27-21(26)18-12(2)22-14-8-6-9-15(23)20(14)19(18)13-7-4-5-10-16(13)28-11-17(24)25/h4-5,7,10,18-19H,3,6,8-9,11H2,1-2H3,(H,24,25)/t18?,19-/m0/s1. The van der Waals surface area contributed by atoms with Gasteiger partial charge in [-0.15, -0.1) is 0 Å². The fourth-order valence-corrected chi connectivity index (χ4v) is 3.89. The van der Waals surface area contributed by atoms with Crippen LogP contribution in [-0.4, -0.2) is 41.8 Å². The van der Waals surface area contributed by atoms with Crippen LogP contribution in [0.15, 0.2) is 40.5 Å². The van der Waals surface area contributed by atoms with Gasteiger partial charge in [0.25, 0.3) is 0 Å². The van der Waals surface area contributed by atoms with Crippen LogP contribution in [0.3, 0.4) is 0 Å². The van der Waals surface area contributed by atoms with E-state index < -0.39 is 30.4 Å². The van der Waals surface area contributed by atoms with Crippen molar-refractivity contribution in [3.63, 3.8) is 0 Å². The molecule has 1 N–H and O–H groups in total. The Morgan fingerprint density at radius 2 is 2.00 bits per heavy atom. The van der Waals surface area contributed by atoms with Crippen LogP contribution in [0.2, 0.25) is 0 Å². The highest BCUT2D eigenvalue weighted by atomic mass is 16.5. The number of rotatable bonds is 6. The van der Waals surface area contributed by atoms with Crippen LogP contribution in [-0.2, 0) is 19.1 Å². The van der Waals surface area contributed by atoms with Crippen molar-refractivity contribution in [1.82, 2.24) is 0 Å². The maximum Gasteiger partial charge on any atom is 0.341 e. The molecule has 2 aliphatic rings. The summed E-state index contributed by atoms with van der Waals surface area (Å²) in [6, 6.07) is 6.91. The number of hydrogen-bond donors (Lipinski definition) is 1. The van der Waals surface area contributed by atoms with Gasteiger partial charge in [0.05, 0.1) is 6.61 Å². The predicted molar refractivity (Wildman–Crippen MR) is 101 cm³/mol. The minimum Gasteiger partial charge on any atom is -0.482 e. The monoisotopic (exact) mass is 385 g/mol. The van der Waals surface area contributed by atoms with Gasteiger partial charge in [-0.1, -0.05) is 18.2 Å². The minimum atomic E-state index is -1.10. The SMILES string of the molecule is CCOC(=O)C1C(C)=NC2=C(C(=O)CCC2)[C@H]1c1ccccc1OCC(=O)O. The molecule has 0 amide bonds. The van der Waals surface area contributed by atoms with E-state index in [2.05, 4.69) is 4.99 Å². The molecule has 1 unspecified atom stereocenters. The minimum absolute atomic E-state index is 0.0372. The summed E-state index contributed by atoms with van der Waals surface area (Å²) >= 11 is 0. The highest BCUT2D eigenvalue weighted by molar-refractivity contribution is 6.09. The molecule has 7 nitrogen and oxygen atoms in total. The normalized spacial score (nSPS) is 21.6. The number of ketones is 1. The highest BCUT2D eigenvalue weighted by Gasteiger charge is 2.44. The van der Waals surface area contributed by atoms with Crippen molar-refractivity contribution in [2.45, 2.75) is 39.0 Å². The van der Waals surface area contributed by atoms with Crippen molar-refractivity contribution in [3.05, 3.63) is 41.1 Å². The van der Waals surface area contributed by atoms with E-state index >= 15 is 0 Å². The Bertz CT molecular complexity index is 869. The first kappa shape index (κ1) is 19.8. The van der Waals surface area contributed by atoms with Gasteiger partial charge in [-0.2, -0.15) is 0 Å². The fraction of sp³-hybridized carbons (Fsp3) is 0.429. The van der Waals surface area contributed by atoms with Gasteiger partial charge >= 0.3 is 11.9 Å². The number of Topliss-reactive ketones (excluding diaryl/α,β-unsaturated/α-hetero) is 1. The molecule has 1 aliphatic heterocycles. The molecule has 28 heavy (non-hydrogen) atoms. The Hall–Kier alpha value is -2.96. The van der Waals surface area contributed by atoms with Crippen molar-refractivity contribution >= 4 is 23.4 Å². The van der Waals surface area contributed by atoms with Crippen molar-refractivity contribution in [2.24, 2.45) is 10.9 Å². The van der Waals surface area contributed by atoms with Crippen molar-refractivity contribution in [3.8, 4) is 5.75 Å². The molecule has 1 heterocycles. The number of esters is 1. The molecule has 0 radical (unpaired) electrons. The molecule has 2 atom stereocenters. The molecule has 0 saturated carbocycles. The van der Waals surface area contributed by atoms with E-state index in [1.54, 1.807) is 38.1 Å². The number of ether oxygens (including phenoxy) is 2. The first-order chi connectivity index (χ1) is 13.4. The van der Waals surface area contributed by atoms with Gasteiger partial charge in [-0.25, -0.2) is 4.79 Å². The predicted octanol–water partition coefficient (Wildman–Crippen LogP) is 2.89. The topological polar surface area (TPSA) is 102 Å². The van der Waals surface area contributed by atoms with E-state index in [1.807, 2.05) is 0 Å². The van der Waals surface area contributed by atoms with Crippen molar-refractivity contribution in [2.75, 3.05) is 13.2 Å². The van der Waals surface area contributed by atoms with Crippen LogP contribution in [0, 0.1) is 5.92 Å². The van der Waals surface area contributed by atoms with Crippen LogP contribution in [0.5, 0.6) is 5.75 Å². The molecule has 3 rings (SSSR count). The van der Waals surface area contributed by atoms with E-state index in [4.69, 9.17) is 14.6 Å². The zero-order valence-corrected chi connectivity index (χ0v) is 15.9. The van der Waals surface area contributed by atoms with Crippen molar-refractivity contribution in [1.29, 1.82) is 0 Å². The third kappa shape index (κ3) is 3.83. The van der Waals surface area contributed by atoms with Gasteiger partial charge in [0.2, 0.25) is 0 Å². The zero-order chi connectivity index (χ0) is 20.3. The Morgan fingerprint density at radius 1 is 1.25 bits per heavy atom. The summed E-state index contributed by atoms with van der Waals surface area (Å²) in [5, 5.41) is 8.98. The summed E-state index contributed by atoms with van der Waals surface area (Å²) in [6.45, 7) is 3.19. The molecule has 0 spiro atoms. The molecule has 1 aromatic rings. The molecule has 0 aromatic heterocycles. The van der Waals surface area contributed by atoms with E-state index in [0.717, 1.165) is 6.42 Å². The second-order valence-electron chi connectivity index (χ2n) is 6.82. The summed E-state index contributed by atoms with van der Waals surface area (Å²) in [7, 11) is 0. The van der Waals surface area contributed by atoms with Crippen LogP contribution in [0.1, 0.15) is 44.6 Å². The molecular formula is C21H23NO6. The lowest BCUT2D eigenvalue weighted by molar-refractivity contribution is -0.146. The number of carbonyl (C=O) groups is 3. The van der Waals surface area contributed by atoms with E-state index in [-0.39, 0.29) is 12.4 Å². The van der Waals surface area contributed by atoms with Gasteiger partial charge in [0, 0.05) is 34.9 Å². The summed E-state index contributed by atoms with van der Waals surface area (Å²) in [6.07, 6.45) is 1.79. The van der Waals surface area contributed by atoms with Gasteiger partial charge in [-0.05, 0) is 32.8 Å². The Kier molecular flexibility index (Phi) is 5.92. The number of carboxylic acid groups (broad SMARTS) is 1. The zero-order valence-electron chi connectivity index (χ0n) is 15.9. The summed E-state index contributed by atoms with van der Waals surface area (Å²) in [5.41, 5.74) is 2.40. The Morgan fingerprint density at radius 3 is 2.71 bits per heavy atom. The van der Waals surface area contributed by atoms with Crippen LogP contribution >= 0.6 is 0 Å². The lowest BCUT2D eigenvalue weighted by Gasteiger charge is -2.35. The second-order valence-corrected chi connectivity index (χ2v) is 6.82. The number of carbonyl (C=O) groups excluding carboxylic acids is 2. The maximum atomic E-state index is 12.8. The van der Waals surface area contributed by atoms with Gasteiger partial charge in [-0.3, -0.25) is 14.6 Å². The van der Waals surface area contributed by atoms with E-state index in [9.17, 15) is 14.4 Å². The molecule has 1 aromatic carbocycles. The maximum absolute atomic E-state index is 12.8. The number of para-hydroxylation sites is 1. The van der Waals surface area contributed by atoms with Crippen LogP contribution in [0.4, 0.5) is 0 Å². The third-order valence-electron chi connectivity index (χ3n) is 4.98. The van der Waals surface area contributed by atoms with E-state index in [1.165, 1.54) is 0 Å². The van der Waals surface area contributed by atoms with E-state index in [0.29, 0.717) is 41.1 Å². The molecule has 148 valence electrons. The number of nitrogens with zero attached hydrogens (tertiary/aromatic N) is 1. The average molecular weight is 385 g/mol. The van der Waals surface area contributed by atoms with Gasteiger partial charge in [0.15, 0.2) is 12.4 Å². The number of hydrogen-bond acceptors (Lipinski definition) is 6. The van der Waals surface area contributed by atoms with Crippen molar-refractivity contribution < 1.29 is 29.0 Å². The molecule has 0 saturated heterocycles. The molecule has 0 fully saturated rings. The van der Waals surface area contributed by atoms with Gasteiger partial charge < -0.3 is 14.6 Å². The third-order valence-corrected chi connectivity index (χ3v) is 4.98. The largest absolute Gasteiger partial charge is 0.482 e.